The molecule has 0 saturated heterocycles. The van der Waals surface area contributed by atoms with Crippen molar-refractivity contribution in [2.45, 2.75) is 13.1 Å². The third-order valence-corrected chi connectivity index (χ3v) is 5.59. The second-order valence-corrected chi connectivity index (χ2v) is 9.40. The van der Waals surface area contributed by atoms with E-state index in [2.05, 4.69) is 10.0 Å². The number of carbonyl (C=O) groups excluding carboxylic acids is 1. The van der Waals surface area contributed by atoms with Crippen molar-refractivity contribution in [2.75, 3.05) is 24.7 Å². The maximum absolute atomic E-state index is 13.0. The molecule has 0 unspecified atom stereocenters. The highest BCUT2D eigenvalue weighted by molar-refractivity contribution is 7.88. The summed E-state index contributed by atoms with van der Waals surface area (Å²) >= 11 is 0. The van der Waals surface area contributed by atoms with E-state index in [1.165, 1.54) is 12.1 Å². The van der Waals surface area contributed by atoms with Crippen LogP contribution in [0.25, 0.3) is 11.1 Å². The first-order chi connectivity index (χ1) is 15.9. The fourth-order valence-corrected chi connectivity index (χ4v) is 3.75. The molecule has 2 N–H and O–H groups in total. The van der Waals surface area contributed by atoms with E-state index in [0.29, 0.717) is 28.1 Å². The van der Waals surface area contributed by atoms with Gasteiger partial charge in [-0.2, -0.15) is 13.2 Å². The first-order valence-electron chi connectivity index (χ1n) is 10.2. The molecule has 0 bridgehead atoms. The number of nitrogens with one attached hydrogen (secondary N) is 2. The molecule has 3 aromatic rings. The van der Waals surface area contributed by atoms with Crippen LogP contribution in [0.3, 0.4) is 0 Å². The van der Waals surface area contributed by atoms with Gasteiger partial charge in [0.25, 0.3) is 5.91 Å². The Balaban J connectivity index is 1.73. The minimum Gasteiger partial charge on any atom is -0.492 e. The minimum atomic E-state index is -4.44. The number of amides is 1. The lowest BCUT2D eigenvalue weighted by molar-refractivity contribution is -0.137. The van der Waals surface area contributed by atoms with Crippen molar-refractivity contribution in [2.24, 2.45) is 0 Å². The van der Waals surface area contributed by atoms with Gasteiger partial charge < -0.3 is 10.1 Å². The quantitative estimate of drug-likeness (QED) is 0.440. The normalized spacial score (nSPS) is 11.8. The summed E-state index contributed by atoms with van der Waals surface area (Å²) in [5, 5.41) is 2.78. The van der Waals surface area contributed by atoms with Crippen LogP contribution >= 0.6 is 0 Å². The molecule has 0 fully saturated rings. The highest BCUT2D eigenvalue weighted by Gasteiger charge is 2.30. The molecular weight excluding hydrogens is 469 g/mol. The molecule has 0 aliphatic heterocycles. The predicted molar refractivity (Wildman–Crippen MR) is 124 cm³/mol. The summed E-state index contributed by atoms with van der Waals surface area (Å²) in [5.74, 6) is 0.0823. The Labute approximate surface area is 195 Å². The zero-order chi connectivity index (χ0) is 24.9. The maximum atomic E-state index is 13.0. The molecule has 0 aromatic heterocycles. The van der Waals surface area contributed by atoms with Gasteiger partial charge in [0, 0.05) is 17.8 Å². The van der Waals surface area contributed by atoms with E-state index in [-0.39, 0.29) is 13.2 Å². The van der Waals surface area contributed by atoms with Crippen LogP contribution in [-0.4, -0.2) is 33.7 Å². The van der Waals surface area contributed by atoms with Gasteiger partial charge in [-0.1, -0.05) is 24.3 Å². The second-order valence-electron chi connectivity index (χ2n) is 7.57. The van der Waals surface area contributed by atoms with E-state index in [1.54, 1.807) is 49.4 Å². The van der Waals surface area contributed by atoms with Gasteiger partial charge in [-0.25, -0.2) is 13.1 Å². The maximum Gasteiger partial charge on any atom is 0.416 e. The minimum absolute atomic E-state index is 0.122. The first kappa shape index (κ1) is 25.3. The van der Waals surface area contributed by atoms with Gasteiger partial charge >= 0.3 is 6.18 Å². The van der Waals surface area contributed by atoms with Crippen molar-refractivity contribution in [3.63, 3.8) is 0 Å². The Hall–Kier alpha value is -3.37. The number of carbonyl (C=O) groups is 1. The number of benzene rings is 3. The molecule has 0 atom stereocenters. The zero-order valence-electron chi connectivity index (χ0n) is 18.4. The summed E-state index contributed by atoms with van der Waals surface area (Å²) in [6.07, 6.45) is -3.38. The third kappa shape index (κ3) is 6.82. The lowest BCUT2D eigenvalue weighted by atomic mass is 9.94. The van der Waals surface area contributed by atoms with Crippen molar-refractivity contribution in [3.8, 4) is 16.9 Å². The summed E-state index contributed by atoms with van der Waals surface area (Å²) in [6.45, 7) is 2.05. The lowest BCUT2D eigenvalue weighted by Crippen LogP contribution is -2.26. The number of ether oxygens (including phenoxy) is 1. The van der Waals surface area contributed by atoms with Crippen LogP contribution in [0, 0.1) is 6.92 Å². The summed E-state index contributed by atoms with van der Waals surface area (Å²) in [4.78, 5) is 13.0. The van der Waals surface area contributed by atoms with Crippen LogP contribution in [0.2, 0.25) is 0 Å². The Morgan fingerprint density at radius 1 is 0.971 bits per heavy atom. The van der Waals surface area contributed by atoms with E-state index in [9.17, 15) is 26.4 Å². The largest absolute Gasteiger partial charge is 0.492 e. The van der Waals surface area contributed by atoms with Crippen LogP contribution < -0.4 is 14.8 Å². The van der Waals surface area contributed by atoms with Crippen molar-refractivity contribution >= 4 is 21.6 Å². The van der Waals surface area contributed by atoms with Gasteiger partial charge in [-0.05, 0) is 66.1 Å². The SMILES string of the molecule is Cc1cccc(C(=O)Nc2ccc(OCCNS(C)(=O)=O)cc2)c1-c1ccc(C(F)(F)F)cc1. The molecule has 0 aliphatic rings. The van der Waals surface area contributed by atoms with Gasteiger partial charge in [0.15, 0.2) is 0 Å². The molecule has 0 saturated carbocycles. The first-order valence-corrected chi connectivity index (χ1v) is 12.1. The van der Waals surface area contributed by atoms with Gasteiger partial charge in [0.05, 0.1) is 11.8 Å². The molecule has 0 spiro atoms. The average molecular weight is 493 g/mol. The van der Waals surface area contributed by atoms with Crippen molar-refractivity contribution in [3.05, 3.63) is 83.4 Å². The van der Waals surface area contributed by atoms with E-state index in [4.69, 9.17) is 4.74 Å². The molecule has 34 heavy (non-hydrogen) atoms. The highest BCUT2D eigenvalue weighted by Crippen LogP contribution is 2.33. The second kappa shape index (κ2) is 10.3. The molecule has 3 aromatic carbocycles. The monoisotopic (exact) mass is 492 g/mol. The molecule has 0 radical (unpaired) electrons. The predicted octanol–water partition coefficient (Wildman–Crippen LogP) is 4.86. The van der Waals surface area contributed by atoms with Crippen molar-refractivity contribution < 1.29 is 31.1 Å². The fourth-order valence-electron chi connectivity index (χ4n) is 3.29. The number of anilines is 1. The lowest BCUT2D eigenvalue weighted by Gasteiger charge is -2.15. The molecule has 180 valence electrons. The highest BCUT2D eigenvalue weighted by atomic mass is 32.2. The summed E-state index contributed by atoms with van der Waals surface area (Å²) in [6, 6.07) is 16.3. The number of hydrogen-bond donors (Lipinski definition) is 2. The summed E-state index contributed by atoms with van der Waals surface area (Å²) in [5.41, 5.74) is 1.86. The van der Waals surface area contributed by atoms with E-state index in [0.717, 1.165) is 24.0 Å². The number of alkyl halides is 3. The van der Waals surface area contributed by atoms with Crippen LogP contribution in [0.4, 0.5) is 18.9 Å². The van der Waals surface area contributed by atoms with Crippen LogP contribution in [0.15, 0.2) is 66.7 Å². The van der Waals surface area contributed by atoms with Crippen molar-refractivity contribution in [1.82, 2.24) is 4.72 Å². The number of sulfonamides is 1. The Morgan fingerprint density at radius 2 is 1.62 bits per heavy atom. The zero-order valence-corrected chi connectivity index (χ0v) is 19.3. The standard InChI is InChI=1S/C24H23F3N2O4S/c1-16-4-3-5-21(22(16)17-6-8-18(9-7-17)24(25,26)27)23(30)29-19-10-12-20(13-11-19)33-15-14-28-34(2,31)32/h3-13,28H,14-15H2,1-2H3,(H,29,30). The number of hydrogen-bond acceptors (Lipinski definition) is 4. The van der Waals surface area contributed by atoms with Gasteiger partial charge in [0.1, 0.15) is 12.4 Å². The Kier molecular flexibility index (Phi) is 7.63. The molecule has 0 heterocycles. The van der Waals surface area contributed by atoms with E-state index in [1.807, 2.05) is 0 Å². The molecule has 3 rings (SSSR count). The van der Waals surface area contributed by atoms with Crippen molar-refractivity contribution in [1.29, 1.82) is 0 Å². The molecule has 10 heteroatoms. The Morgan fingerprint density at radius 3 is 2.21 bits per heavy atom. The van der Waals surface area contributed by atoms with Gasteiger partial charge in [-0.3, -0.25) is 4.79 Å². The van der Waals surface area contributed by atoms with E-state index >= 15 is 0 Å². The van der Waals surface area contributed by atoms with Crippen LogP contribution in [-0.2, 0) is 16.2 Å². The topological polar surface area (TPSA) is 84.5 Å². The smallest absolute Gasteiger partial charge is 0.416 e. The molecule has 6 nitrogen and oxygen atoms in total. The van der Waals surface area contributed by atoms with Crippen LogP contribution in [0.5, 0.6) is 5.75 Å². The van der Waals surface area contributed by atoms with Gasteiger partial charge in [0.2, 0.25) is 10.0 Å². The third-order valence-electron chi connectivity index (χ3n) is 4.87. The number of aryl methyl sites for hydroxylation is 1. The average Bonchev–Trinajstić information content (AvgIpc) is 2.76. The van der Waals surface area contributed by atoms with E-state index < -0.39 is 27.7 Å². The summed E-state index contributed by atoms with van der Waals surface area (Å²) < 4.78 is 68.6. The fraction of sp³-hybridized carbons (Fsp3) is 0.208. The summed E-state index contributed by atoms with van der Waals surface area (Å²) in [7, 11) is -3.29. The number of halogens is 3. The van der Waals surface area contributed by atoms with Gasteiger partial charge in [-0.15, -0.1) is 0 Å². The Bertz CT molecular complexity index is 1260. The van der Waals surface area contributed by atoms with Crippen LogP contribution in [0.1, 0.15) is 21.5 Å². The molecule has 1 amide bonds. The molecular formula is C24H23F3N2O4S. The number of rotatable bonds is 8. The molecule has 0 aliphatic carbocycles.